The lowest BCUT2D eigenvalue weighted by molar-refractivity contribution is 0.290. The summed E-state index contributed by atoms with van der Waals surface area (Å²) in [5.41, 5.74) is 8.23. The largest absolute Gasteiger partial charge is 0.399 e. The molecular formula is C16H23N. The number of hydrogen-bond donors (Lipinski definition) is 1. The summed E-state index contributed by atoms with van der Waals surface area (Å²) >= 11 is 0. The Morgan fingerprint density at radius 2 is 2.12 bits per heavy atom. The molecule has 0 aromatic heterocycles. The van der Waals surface area contributed by atoms with Gasteiger partial charge in [-0.2, -0.15) is 0 Å². The van der Waals surface area contributed by atoms with Gasteiger partial charge in [0.2, 0.25) is 0 Å². The van der Waals surface area contributed by atoms with E-state index in [1.165, 1.54) is 37.7 Å². The zero-order valence-corrected chi connectivity index (χ0v) is 10.6. The van der Waals surface area contributed by atoms with Crippen molar-refractivity contribution in [1.82, 2.24) is 0 Å². The monoisotopic (exact) mass is 229 g/mol. The standard InChI is InChI=1S/C16H23N/c1-2-13-6-5-7-14(12-13)10-11-15-8-3-4-9-16(15)17/h2-4,8-9,13-14H,1,5-7,10-12,17H2/t13-,14?/m0/s1. The lowest BCUT2D eigenvalue weighted by Gasteiger charge is -2.27. The third-order valence-corrected chi connectivity index (χ3v) is 4.03. The van der Waals surface area contributed by atoms with E-state index in [4.69, 9.17) is 5.73 Å². The van der Waals surface area contributed by atoms with Crippen molar-refractivity contribution in [1.29, 1.82) is 0 Å². The molecule has 0 amide bonds. The fourth-order valence-electron chi connectivity index (χ4n) is 2.93. The molecule has 1 aliphatic carbocycles. The molecule has 0 heterocycles. The SMILES string of the molecule is C=C[C@H]1CCCC(CCc2ccccc2N)C1. The third kappa shape index (κ3) is 3.36. The van der Waals surface area contributed by atoms with Crippen LogP contribution in [0.15, 0.2) is 36.9 Å². The maximum atomic E-state index is 5.97. The van der Waals surface area contributed by atoms with Gasteiger partial charge in [0.1, 0.15) is 0 Å². The molecule has 0 bridgehead atoms. The predicted octanol–water partition coefficient (Wildman–Crippen LogP) is 4.19. The van der Waals surface area contributed by atoms with Gasteiger partial charge >= 0.3 is 0 Å². The number of rotatable bonds is 4. The first-order valence-corrected chi connectivity index (χ1v) is 6.75. The molecule has 2 rings (SSSR count). The van der Waals surface area contributed by atoms with Crippen molar-refractivity contribution in [2.24, 2.45) is 11.8 Å². The van der Waals surface area contributed by atoms with E-state index < -0.39 is 0 Å². The predicted molar refractivity (Wildman–Crippen MR) is 74.8 cm³/mol. The van der Waals surface area contributed by atoms with Crippen molar-refractivity contribution in [3.63, 3.8) is 0 Å². The van der Waals surface area contributed by atoms with Crippen LogP contribution in [0.4, 0.5) is 5.69 Å². The number of allylic oxidation sites excluding steroid dienone is 1. The maximum Gasteiger partial charge on any atom is 0.0346 e. The fourth-order valence-corrected chi connectivity index (χ4v) is 2.93. The van der Waals surface area contributed by atoms with E-state index in [-0.39, 0.29) is 0 Å². The normalized spacial score (nSPS) is 24.5. The summed E-state index contributed by atoms with van der Waals surface area (Å²) in [4.78, 5) is 0. The Morgan fingerprint density at radius 3 is 2.88 bits per heavy atom. The van der Waals surface area contributed by atoms with Crippen LogP contribution in [-0.4, -0.2) is 0 Å². The first kappa shape index (κ1) is 12.2. The van der Waals surface area contributed by atoms with Crippen LogP contribution in [0, 0.1) is 11.8 Å². The Kier molecular flexibility index (Phi) is 4.24. The van der Waals surface area contributed by atoms with Gasteiger partial charge in [-0.25, -0.2) is 0 Å². The Hall–Kier alpha value is -1.24. The minimum atomic E-state index is 0.752. The Labute approximate surface area is 105 Å². The van der Waals surface area contributed by atoms with Crippen LogP contribution >= 0.6 is 0 Å². The van der Waals surface area contributed by atoms with E-state index in [1.807, 2.05) is 12.1 Å². The highest BCUT2D eigenvalue weighted by atomic mass is 14.6. The minimum Gasteiger partial charge on any atom is -0.399 e. The number of aryl methyl sites for hydroxylation is 1. The van der Waals surface area contributed by atoms with E-state index >= 15 is 0 Å². The zero-order chi connectivity index (χ0) is 12.1. The fraction of sp³-hybridized carbons (Fsp3) is 0.500. The van der Waals surface area contributed by atoms with Gasteiger partial charge in [0.25, 0.3) is 0 Å². The van der Waals surface area contributed by atoms with Crippen LogP contribution in [0.25, 0.3) is 0 Å². The number of benzene rings is 1. The minimum absolute atomic E-state index is 0.752. The first-order valence-electron chi connectivity index (χ1n) is 6.75. The summed E-state index contributed by atoms with van der Waals surface area (Å²) in [5.74, 6) is 1.62. The molecule has 1 nitrogen and oxygen atoms in total. The van der Waals surface area contributed by atoms with Crippen molar-refractivity contribution >= 4 is 5.69 Å². The van der Waals surface area contributed by atoms with Crippen LogP contribution in [0.5, 0.6) is 0 Å². The molecule has 1 saturated carbocycles. The van der Waals surface area contributed by atoms with Crippen molar-refractivity contribution in [3.8, 4) is 0 Å². The van der Waals surface area contributed by atoms with Gasteiger partial charge in [-0.05, 0) is 49.1 Å². The van der Waals surface area contributed by atoms with Gasteiger partial charge in [-0.3, -0.25) is 0 Å². The summed E-state index contributed by atoms with van der Waals surface area (Å²) < 4.78 is 0. The summed E-state index contributed by atoms with van der Waals surface area (Å²) in [6.07, 6.45) is 9.97. The number of para-hydroxylation sites is 1. The second-order valence-corrected chi connectivity index (χ2v) is 5.27. The molecule has 1 aromatic carbocycles. The number of hydrogen-bond acceptors (Lipinski definition) is 1. The summed E-state index contributed by atoms with van der Waals surface area (Å²) in [5, 5.41) is 0. The van der Waals surface area contributed by atoms with E-state index in [0.29, 0.717) is 0 Å². The summed E-state index contributed by atoms with van der Waals surface area (Å²) in [7, 11) is 0. The molecule has 0 spiro atoms. The molecule has 2 atom stereocenters. The molecule has 1 heteroatoms. The molecule has 1 aromatic rings. The smallest absolute Gasteiger partial charge is 0.0346 e. The highest BCUT2D eigenvalue weighted by Gasteiger charge is 2.19. The van der Waals surface area contributed by atoms with Crippen LogP contribution in [0.1, 0.15) is 37.7 Å². The Bertz CT molecular complexity index is 370. The van der Waals surface area contributed by atoms with Gasteiger partial charge in [0.15, 0.2) is 0 Å². The molecule has 17 heavy (non-hydrogen) atoms. The molecule has 0 aliphatic heterocycles. The Morgan fingerprint density at radius 1 is 1.29 bits per heavy atom. The van der Waals surface area contributed by atoms with Gasteiger partial charge in [0, 0.05) is 5.69 Å². The number of nitrogens with two attached hydrogens (primary N) is 1. The van der Waals surface area contributed by atoms with Crippen molar-refractivity contribution < 1.29 is 0 Å². The van der Waals surface area contributed by atoms with E-state index in [2.05, 4.69) is 24.8 Å². The highest BCUT2D eigenvalue weighted by Crippen LogP contribution is 2.32. The van der Waals surface area contributed by atoms with E-state index in [0.717, 1.165) is 23.9 Å². The molecule has 1 aliphatic rings. The van der Waals surface area contributed by atoms with Gasteiger partial charge < -0.3 is 5.73 Å². The number of anilines is 1. The molecule has 92 valence electrons. The second kappa shape index (κ2) is 5.90. The average molecular weight is 229 g/mol. The second-order valence-electron chi connectivity index (χ2n) is 5.27. The van der Waals surface area contributed by atoms with Crippen LogP contribution in [0.2, 0.25) is 0 Å². The zero-order valence-electron chi connectivity index (χ0n) is 10.6. The third-order valence-electron chi connectivity index (χ3n) is 4.03. The summed E-state index contributed by atoms with van der Waals surface area (Å²) in [6.45, 7) is 3.93. The summed E-state index contributed by atoms with van der Waals surface area (Å²) in [6, 6.07) is 8.25. The molecule has 0 radical (unpaired) electrons. The van der Waals surface area contributed by atoms with Crippen LogP contribution in [-0.2, 0) is 6.42 Å². The topological polar surface area (TPSA) is 26.0 Å². The molecule has 2 N–H and O–H groups in total. The molecule has 0 saturated heterocycles. The highest BCUT2D eigenvalue weighted by molar-refractivity contribution is 5.46. The van der Waals surface area contributed by atoms with Gasteiger partial charge in [-0.15, -0.1) is 6.58 Å². The maximum absolute atomic E-state index is 5.97. The Balaban J connectivity index is 1.86. The quantitative estimate of drug-likeness (QED) is 0.608. The van der Waals surface area contributed by atoms with Crippen molar-refractivity contribution in [2.45, 2.75) is 38.5 Å². The van der Waals surface area contributed by atoms with Crippen molar-refractivity contribution in [2.75, 3.05) is 5.73 Å². The van der Waals surface area contributed by atoms with E-state index in [1.54, 1.807) is 0 Å². The van der Waals surface area contributed by atoms with Crippen LogP contribution < -0.4 is 5.73 Å². The van der Waals surface area contributed by atoms with E-state index in [9.17, 15) is 0 Å². The molecular weight excluding hydrogens is 206 g/mol. The molecule has 1 fully saturated rings. The van der Waals surface area contributed by atoms with Gasteiger partial charge in [0.05, 0.1) is 0 Å². The number of nitrogen functional groups attached to an aromatic ring is 1. The average Bonchev–Trinajstić information content (AvgIpc) is 2.38. The first-order chi connectivity index (χ1) is 8.29. The van der Waals surface area contributed by atoms with Gasteiger partial charge in [-0.1, -0.05) is 37.1 Å². The van der Waals surface area contributed by atoms with Crippen LogP contribution in [0.3, 0.4) is 0 Å². The lowest BCUT2D eigenvalue weighted by atomic mass is 9.79. The lowest BCUT2D eigenvalue weighted by Crippen LogP contribution is -2.14. The molecule has 1 unspecified atom stereocenters. The van der Waals surface area contributed by atoms with Crippen molar-refractivity contribution in [3.05, 3.63) is 42.5 Å².